The molecule has 0 fully saturated rings. The highest BCUT2D eigenvalue weighted by Crippen LogP contribution is 2.01. The SMILES string of the molecule is CN(C)C(=O)CCc1cc(=C(C#N)C#N)ccc1=C(C#N)C#N. The van der Waals surface area contributed by atoms with Gasteiger partial charge in [-0.25, -0.2) is 0 Å². The molecule has 1 rings (SSSR count). The number of rotatable bonds is 3. The summed E-state index contributed by atoms with van der Waals surface area (Å²) in [7, 11) is 3.28. The van der Waals surface area contributed by atoms with Crippen molar-refractivity contribution < 1.29 is 4.79 Å². The van der Waals surface area contributed by atoms with Crippen LogP contribution >= 0.6 is 0 Å². The van der Waals surface area contributed by atoms with E-state index >= 15 is 0 Å². The summed E-state index contributed by atoms with van der Waals surface area (Å²) in [5.41, 5.74) is 0.449. The van der Waals surface area contributed by atoms with Crippen LogP contribution in [0.1, 0.15) is 12.0 Å². The van der Waals surface area contributed by atoms with Crippen LogP contribution < -0.4 is 10.4 Å². The molecule has 0 heterocycles. The second-order valence-electron chi connectivity index (χ2n) is 4.86. The Bertz CT molecular complexity index is 882. The summed E-state index contributed by atoms with van der Waals surface area (Å²) in [6.45, 7) is 0. The van der Waals surface area contributed by atoms with Gasteiger partial charge in [0.25, 0.3) is 0 Å². The normalized spacial score (nSPS) is 8.78. The Morgan fingerprint density at radius 1 is 1.00 bits per heavy atom. The Labute approximate surface area is 134 Å². The molecule has 1 amide bonds. The number of amides is 1. The van der Waals surface area contributed by atoms with Crippen molar-refractivity contribution in [2.75, 3.05) is 14.1 Å². The molecule has 0 aliphatic heterocycles. The van der Waals surface area contributed by atoms with Crippen LogP contribution in [0.15, 0.2) is 18.2 Å². The lowest BCUT2D eigenvalue weighted by molar-refractivity contribution is -0.128. The number of nitrogens with zero attached hydrogens (tertiary/aromatic N) is 5. The molecule has 0 aliphatic carbocycles. The number of carbonyl (C=O) groups is 1. The minimum absolute atomic E-state index is 0.0628. The highest BCUT2D eigenvalue weighted by Gasteiger charge is 2.08. The molecule has 0 bridgehead atoms. The molecule has 0 aromatic heterocycles. The number of hydrogen-bond acceptors (Lipinski definition) is 5. The van der Waals surface area contributed by atoms with Crippen molar-refractivity contribution >= 4 is 17.1 Å². The summed E-state index contributed by atoms with van der Waals surface area (Å²) >= 11 is 0. The van der Waals surface area contributed by atoms with Crippen LogP contribution in [0.4, 0.5) is 0 Å². The molecule has 1 aromatic rings. The topological polar surface area (TPSA) is 115 Å². The molecule has 0 unspecified atom stereocenters. The molecule has 0 radical (unpaired) electrons. The third-order valence-corrected chi connectivity index (χ3v) is 3.22. The molecule has 112 valence electrons. The first-order chi connectivity index (χ1) is 11.0. The average molecular weight is 303 g/mol. The lowest BCUT2D eigenvalue weighted by atomic mass is 10.0. The Balaban J connectivity index is 3.57. The number of aryl methyl sites for hydroxylation is 1. The lowest BCUT2D eigenvalue weighted by Gasteiger charge is -2.10. The van der Waals surface area contributed by atoms with E-state index in [9.17, 15) is 4.79 Å². The maximum Gasteiger partial charge on any atom is 0.222 e. The highest BCUT2D eigenvalue weighted by atomic mass is 16.2. The molecule has 23 heavy (non-hydrogen) atoms. The van der Waals surface area contributed by atoms with Crippen LogP contribution in [0.2, 0.25) is 0 Å². The average Bonchev–Trinajstić information content (AvgIpc) is 2.56. The Morgan fingerprint density at radius 3 is 2.04 bits per heavy atom. The first-order valence-electron chi connectivity index (χ1n) is 6.66. The van der Waals surface area contributed by atoms with Gasteiger partial charge in [0.05, 0.1) is 0 Å². The predicted octanol–water partition coefficient (Wildman–Crippen LogP) is 0.103. The van der Waals surface area contributed by atoms with Crippen molar-refractivity contribution in [2.24, 2.45) is 0 Å². The monoisotopic (exact) mass is 303 g/mol. The van der Waals surface area contributed by atoms with Crippen LogP contribution in [0.25, 0.3) is 11.1 Å². The van der Waals surface area contributed by atoms with Gasteiger partial charge >= 0.3 is 0 Å². The maximum absolute atomic E-state index is 11.7. The zero-order valence-corrected chi connectivity index (χ0v) is 12.8. The smallest absolute Gasteiger partial charge is 0.222 e. The van der Waals surface area contributed by atoms with E-state index in [0.717, 1.165) is 0 Å². The Hall–Kier alpha value is -3.61. The predicted molar refractivity (Wildman–Crippen MR) is 82.0 cm³/mol. The van der Waals surface area contributed by atoms with Gasteiger partial charge < -0.3 is 4.90 Å². The molecule has 1 aromatic carbocycles. The van der Waals surface area contributed by atoms with Crippen LogP contribution in [0, 0.1) is 45.3 Å². The standard InChI is InChI=1S/C17H13N5O/c1-22(2)17(23)6-4-13-7-12(14(8-18)9-19)3-5-16(13)15(10-20)11-21/h3,5,7H,4,6H2,1-2H3. The lowest BCUT2D eigenvalue weighted by Crippen LogP contribution is -2.24. The van der Waals surface area contributed by atoms with E-state index in [-0.39, 0.29) is 23.5 Å². The van der Waals surface area contributed by atoms with E-state index in [4.69, 9.17) is 21.0 Å². The van der Waals surface area contributed by atoms with Crippen molar-refractivity contribution in [3.05, 3.63) is 34.2 Å². The maximum atomic E-state index is 11.7. The third kappa shape index (κ3) is 4.18. The quantitative estimate of drug-likeness (QED) is 0.785. The van der Waals surface area contributed by atoms with Gasteiger partial charge in [-0.2, -0.15) is 21.0 Å². The van der Waals surface area contributed by atoms with Crippen molar-refractivity contribution in [1.82, 2.24) is 4.90 Å². The zero-order chi connectivity index (χ0) is 17.4. The molecule has 0 N–H and O–H groups in total. The Kier molecular flexibility index (Phi) is 6.06. The molecule has 6 heteroatoms. The van der Waals surface area contributed by atoms with Crippen molar-refractivity contribution in [1.29, 1.82) is 21.0 Å². The zero-order valence-electron chi connectivity index (χ0n) is 12.8. The molecule has 0 spiro atoms. The fourth-order valence-corrected chi connectivity index (χ4v) is 1.96. The van der Waals surface area contributed by atoms with E-state index < -0.39 is 0 Å². The fourth-order valence-electron chi connectivity index (χ4n) is 1.96. The van der Waals surface area contributed by atoms with Crippen LogP contribution in [0.5, 0.6) is 0 Å². The van der Waals surface area contributed by atoms with Crippen molar-refractivity contribution in [2.45, 2.75) is 12.8 Å². The summed E-state index contributed by atoms with van der Waals surface area (Å²) in [5, 5.41) is 36.8. The molecule has 0 atom stereocenters. The second-order valence-corrected chi connectivity index (χ2v) is 4.86. The van der Waals surface area contributed by atoms with Crippen molar-refractivity contribution in [3.63, 3.8) is 0 Å². The largest absolute Gasteiger partial charge is 0.349 e. The van der Waals surface area contributed by atoms with Gasteiger partial charge in [-0.15, -0.1) is 0 Å². The van der Waals surface area contributed by atoms with E-state index in [1.807, 2.05) is 12.1 Å². The number of nitriles is 4. The fraction of sp³-hybridized carbons (Fsp3) is 0.235. The second kappa shape index (κ2) is 7.99. The van der Waals surface area contributed by atoms with Gasteiger partial charge in [0, 0.05) is 31.0 Å². The molecular formula is C17H13N5O. The van der Waals surface area contributed by atoms with Crippen LogP contribution in [0.3, 0.4) is 0 Å². The minimum Gasteiger partial charge on any atom is -0.349 e. The summed E-state index contributed by atoms with van der Waals surface area (Å²) in [5.74, 6) is -0.0958. The van der Waals surface area contributed by atoms with E-state index in [2.05, 4.69) is 0 Å². The molecule has 0 aliphatic rings. The third-order valence-electron chi connectivity index (χ3n) is 3.22. The Morgan fingerprint density at radius 2 is 1.57 bits per heavy atom. The number of hydrogen-bond donors (Lipinski definition) is 0. The summed E-state index contributed by atoms with van der Waals surface area (Å²) in [6, 6.07) is 11.9. The van der Waals surface area contributed by atoms with E-state index in [0.29, 0.717) is 22.4 Å². The highest BCUT2D eigenvalue weighted by molar-refractivity contribution is 5.77. The van der Waals surface area contributed by atoms with Gasteiger partial charge in [0.2, 0.25) is 5.91 Å². The summed E-state index contributed by atoms with van der Waals surface area (Å²) < 4.78 is 0. The first-order valence-corrected chi connectivity index (χ1v) is 6.66. The van der Waals surface area contributed by atoms with Crippen molar-refractivity contribution in [3.8, 4) is 24.3 Å². The molecule has 0 saturated carbocycles. The van der Waals surface area contributed by atoms with Gasteiger partial charge in [-0.3, -0.25) is 4.79 Å². The van der Waals surface area contributed by atoms with E-state index in [1.54, 1.807) is 32.3 Å². The molecule has 0 saturated heterocycles. The van der Waals surface area contributed by atoms with Gasteiger partial charge in [0.1, 0.15) is 35.4 Å². The van der Waals surface area contributed by atoms with Gasteiger partial charge in [-0.1, -0.05) is 12.1 Å². The van der Waals surface area contributed by atoms with E-state index in [1.165, 1.54) is 17.0 Å². The van der Waals surface area contributed by atoms with Gasteiger partial charge in [-0.05, 0) is 18.1 Å². The molecular weight excluding hydrogens is 290 g/mol. The van der Waals surface area contributed by atoms with Crippen LogP contribution in [-0.2, 0) is 11.2 Å². The first kappa shape index (κ1) is 17.4. The number of benzene rings is 1. The summed E-state index contributed by atoms with van der Waals surface area (Å²) in [6.07, 6.45) is 0.499. The number of carbonyl (C=O) groups excluding carboxylic acids is 1. The minimum atomic E-state index is -0.0958. The molecule has 6 nitrogen and oxygen atoms in total. The van der Waals surface area contributed by atoms with Gasteiger partial charge in [0.15, 0.2) is 0 Å². The summed E-state index contributed by atoms with van der Waals surface area (Å²) in [4.78, 5) is 13.2. The van der Waals surface area contributed by atoms with Crippen LogP contribution in [-0.4, -0.2) is 24.9 Å².